The predicted molar refractivity (Wildman–Crippen MR) is 66.0 cm³/mol. The van der Waals surface area contributed by atoms with E-state index in [1.54, 1.807) is 0 Å². The van der Waals surface area contributed by atoms with Gasteiger partial charge in [0.15, 0.2) is 0 Å². The molecule has 1 spiro atoms. The molecular weight excluding hydrogens is 196 g/mol. The van der Waals surface area contributed by atoms with E-state index in [2.05, 4.69) is 27.7 Å². The van der Waals surface area contributed by atoms with Gasteiger partial charge >= 0.3 is 0 Å². The molecule has 2 fully saturated rings. The first-order chi connectivity index (χ1) is 7.39. The Hall–Kier alpha value is -0.300. The van der Waals surface area contributed by atoms with Crippen LogP contribution in [0, 0.1) is 22.7 Å². The Labute approximate surface area is 98.9 Å². The summed E-state index contributed by atoms with van der Waals surface area (Å²) in [5.41, 5.74) is 3.67. The van der Waals surface area contributed by atoms with Crippen molar-refractivity contribution in [3.05, 3.63) is 11.1 Å². The molecule has 0 saturated heterocycles. The van der Waals surface area contributed by atoms with E-state index in [-0.39, 0.29) is 6.10 Å². The first-order valence-electron chi connectivity index (χ1n) is 6.79. The second-order valence-electron chi connectivity index (χ2n) is 7.01. The van der Waals surface area contributed by atoms with Crippen molar-refractivity contribution in [2.75, 3.05) is 0 Å². The SMILES string of the molecule is CC1=C2C(O)CC(C)C23CCC(C3)C1(C)C. The molecule has 1 nitrogen and oxygen atoms in total. The minimum absolute atomic E-state index is 0.145. The van der Waals surface area contributed by atoms with Crippen molar-refractivity contribution in [3.8, 4) is 0 Å². The van der Waals surface area contributed by atoms with Crippen LogP contribution in [0.2, 0.25) is 0 Å². The van der Waals surface area contributed by atoms with Crippen molar-refractivity contribution in [1.82, 2.24) is 0 Å². The van der Waals surface area contributed by atoms with Crippen molar-refractivity contribution in [2.24, 2.45) is 22.7 Å². The molecule has 16 heavy (non-hydrogen) atoms. The van der Waals surface area contributed by atoms with E-state index in [9.17, 15) is 5.11 Å². The summed E-state index contributed by atoms with van der Waals surface area (Å²) in [7, 11) is 0. The smallest absolute Gasteiger partial charge is 0.0761 e. The van der Waals surface area contributed by atoms with E-state index in [0.29, 0.717) is 16.7 Å². The molecule has 1 heteroatoms. The topological polar surface area (TPSA) is 20.2 Å². The number of rotatable bonds is 0. The third kappa shape index (κ3) is 1.01. The van der Waals surface area contributed by atoms with Crippen molar-refractivity contribution in [3.63, 3.8) is 0 Å². The first-order valence-corrected chi connectivity index (χ1v) is 6.79. The lowest BCUT2D eigenvalue weighted by Crippen LogP contribution is -2.36. The molecule has 4 atom stereocenters. The molecular formula is C15H24O. The highest BCUT2D eigenvalue weighted by molar-refractivity contribution is 5.39. The summed E-state index contributed by atoms with van der Waals surface area (Å²) in [6.45, 7) is 9.39. The molecule has 1 N–H and O–H groups in total. The molecule has 2 saturated carbocycles. The van der Waals surface area contributed by atoms with Gasteiger partial charge in [-0.2, -0.15) is 0 Å². The summed E-state index contributed by atoms with van der Waals surface area (Å²) < 4.78 is 0. The van der Waals surface area contributed by atoms with Crippen LogP contribution in [0.15, 0.2) is 11.1 Å². The molecule has 3 aliphatic rings. The van der Waals surface area contributed by atoms with Gasteiger partial charge < -0.3 is 5.11 Å². The Morgan fingerprint density at radius 1 is 1.31 bits per heavy atom. The van der Waals surface area contributed by atoms with Gasteiger partial charge in [-0.05, 0) is 60.8 Å². The average molecular weight is 220 g/mol. The van der Waals surface area contributed by atoms with Crippen molar-refractivity contribution in [1.29, 1.82) is 0 Å². The van der Waals surface area contributed by atoms with E-state index in [1.165, 1.54) is 30.4 Å². The zero-order valence-corrected chi connectivity index (χ0v) is 11.0. The number of aliphatic hydroxyl groups is 1. The number of hydrogen-bond donors (Lipinski definition) is 1. The molecule has 0 aromatic heterocycles. The number of allylic oxidation sites excluding steroid dienone is 1. The van der Waals surface area contributed by atoms with Crippen LogP contribution in [-0.2, 0) is 0 Å². The van der Waals surface area contributed by atoms with E-state index >= 15 is 0 Å². The zero-order valence-electron chi connectivity index (χ0n) is 11.0. The maximum absolute atomic E-state index is 10.4. The summed E-state index contributed by atoms with van der Waals surface area (Å²) in [6.07, 6.45) is 4.88. The van der Waals surface area contributed by atoms with Gasteiger partial charge in [-0.25, -0.2) is 0 Å². The third-order valence-corrected chi connectivity index (χ3v) is 6.33. The van der Waals surface area contributed by atoms with Crippen LogP contribution in [0.4, 0.5) is 0 Å². The number of hydrogen-bond acceptors (Lipinski definition) is 1. The van der Waals surface area contributed by atoms with Crippen molar-refractivity contribution < 1.29 is 5.11 Å². The second-order valence-corrected chi connectivity index (χ2v) is 7.01. The van der Waals surface area contributed by atoms with Crippen LogP contribution < -0.4 is 0 Å². The van der Waals surface area contributed by atoms with Gasteiger partial charge in [-0.3, -0.25) is 0 Å². The predicted octanol–water partition coefficient (Wildman–Crippen LogP) is 3.53. The Morgan fingerprint density at radius 2 is 2.00 bits per heavy atom. The second kappa shape index (κ2) is 2.93. The lowest BCUT2D eigenvalue weighted by molar-refractivity contribution is 0.174. The fourth-order valence-corrected chi connectivity index (χ4v) is 4.94. The minimum Gasteiger partial charge on any atom is -0.389 e. The zero-order chi connectivity index (χ0) is 11.7. The lowest BCUT2D eigenvalue weighted by atomic mass is 9.60. The van der Waals surface area contributed by atoms with E-state index in [4.69, 9.17) is 0 Å². The van der Waals surface area contributed by atoms with Gasteiger partial charge in [-0.15, -0.1) is 0 Å². The van der Waals surface area contributed by atoms with E-state index in [0.717, 1.165) is 12.3 Å². The maximum Gasteiger partial charge on any atom is 0.0761 e. The highest BCUT2D eigenvalue weighted by Crippen LogP contribution is 2.67. The molecule has 3 aliphatic carbocycles. The van der Waals surface area contributed by atoms with Crippen LogP contribution in [0.5, 0.6) is 0 Å². The van der Waals surface area contributed by atoms with Crippen LogP contribution >= 0.6 is 0 Å². The Morgan fingerprint density at radius 3 is 2.69 bits per heavy atom. The van der Waals surface area contributed by atoms with Crippen LogP contribution in [0.1, 0.15) is 53.4 Å². The fourth-order valence-electron chi connectivity index (χ4n) is 4.94. The van der Waals surface area contributed by atoms with Crippen molar-refractivity contribution in [2.45, 2.75) is 59.5 Å². The van der Waals surface area contributed by atoms with E-state index in [1.807, 2.05) is 0 Å². The quantitative estimate of drug-likeness (QED) is 0.619. The largest absolute Gasteiger partial charge is 0.389 e. The molecule has 90 valence electrons. The van der Waals surface area contributed by atoms with Gasteiger partial charge in [-0.1, -0.05) is 26.3 Å². The van der Waals surface area contributed by atoms with Gasteiger partial charge in [0.2, 0.25) is 0 Å². The Bertz CT molecular complexity index is 366. The molecule has 0 aromatic rings. The lowest BCUT2D eigenvalue weighted by Gasteiger charge is -2.44. The molecule has 4 unspecified atom stereocenters. The van der Waals surface area contributed by atoms with Crippen LogP contribution in [-0.4, -0.2) is 11.2 Å². The summed E-state index contributed by atoms with van der Waals surface area (Å²) in [5, 5.41) is 10.4. The average Bonchev–Trinajstić information content (AvgIpc) is 2.69. The number of fused-ring (bicyclic) bond motifs is 1. The fraction of sp³-hybridized carbons (Fsp3) is 0.867. The first kappa shape index (κ1) is 10.8. The Balaban J connectivity index is 2.21. The molecule has 0 amide bonds. The van der Waals surface area contributed by atoms with Gasteiger partial charge in [0.25, 0.3) is 0 Å². The highest BCUT2D eigenvalue weighted by atomic mass is 16.3. The normalized spacial score (nSPS) is 49.7. The summed E-state index contributed by atoms with van der Waals surface area (Å²) in [6, 6.07) is 0. The minimum atomic E-state index is -0.145. The van der Waals surface area contributed by atoms with Crippen LogP contribution in [0.25, 0.3) is 0 Å². The van der Waals surface area contributed by atoms with E-state index < -0.39 is 0 Å². The molecule has 2 bridgehead atoms. The molecule has 0 aromatic carbocycles. The molecule has 3 rings (SSSR count). The van der Waals surface area contributed by atoms with Gasteiger partial charge in [0.05, 0.1) is 6.10 Å². The number of aliphatic hydroxyl groups excluding tert-OH is 1. The monoisotopic (exact) mass is 220 g/mol. The summed E-state index contributed by atoms with van der Waals surface area (Å²) in [5.74, 6) is 1.54. The standard InChI is InChI=1S/C15H24O/c1-9-7-12(16)13-10(2)14(3,4)11-5-6-15(9,13)8-11/h9,11-12,16H,5-8H2,1-4H3. The summed E-state index contributed by atoms with van der Waals surface area (Å²) >= 11 is 0. The van der Waals surface area contributed by atoms with Crippen LogP contribution in [0.3, 0.4) is 0 Å². The molecule has 0 heterocycles. The van der Waals surface area contributed by atoms with Gasteiger partial charge in [0, 0.05) is 0 Å². The third-order valence-electron chi connectivity index (χ3n) is 6.33. The molecule has 0 radical (unpaired) electrons. The summed E-state index contributed by atoms with van der Waals surface area (Å²) in [4.78, 5) is 0. The molecule has 0 aliphatic heterocycles. The highest BCUT2D eigenvalue weighted by Gasteiger charge is 2.59. The maximum atomic E-state index is 10.4. The van der Waals surface area contributed by atoms with Gasteiger partial charge in [0.1, 0.15) is 0 Å². The Kier molecular flexibility index (Phi) is 1.98. The van der Waals surface area contributed by atoms with Crippen molar-refractivity contribution >= 4 is 0 Å².